The van der Waals surface area contributed by atoms with E-state index in [9.17, 15) is 15.2 Å². The molecule has 0 radical (unpaired) electrons. The second-order valence-electron chi connectivity index (χ2n) is 4.13. The summed E-state index contributed by atoms with van der Waals surface area (Å²) in [5, 5.41) is 20.2. The van der Waals surface area contributed by atoms with Gasteiger partial charge in [-0.15, -0.1) is 0 Å². The van der Waals surface area contributed by atoms with Gasteiger partial charge in [-0.2, -0.15) is 0 Å². The molecule has 0 bridgehead atoms. The van der Waals surface area contributed by atoms with Crippen molar-refractivity contribution < 1.29 is 10.0 Å². The van der Waals surface area contributed by atoms with Gasteiger partial charge in [-0.1, -0.05) is 0 Å². The highest BCUT2D eigenvalue weighted by atomic mass is 79.9. The number of aliphatic hydroxyl groups is 1. The van der Waals surface area contributed by atoms with E-state index in [-0.39, 0.29) is 11.8 Å². The summed E-state index contributed by atoms with van der Waals surface area (Å²) >= 11 is 3.34. The van der Waals surface area contributed by atoms with Gasteiger partial charge in [-0.3, -0.25) is 10.1 Å². The fraction of sp³-hybridized carbons (Fsp3) is 0.455. The van der Waals surface area contributed by atoms with Crippen LogP contribution in [-0.2, 0) is 0 Å². The lowest BCUT2D eigenvalue weighted by Crippen LogP contribution is -2.38. The third-order valence-corrected chi connectivity index (χ3v) is 3.51. The number of hydrogen-bond acceptors (Lipinski definition) is 4. The summed E-state index contributed by atoms with van der Waals surface area (Å²) in [7, 11) is 0. The Kier molecular flexibility index (Phi) is 3.63. The number of benzene rings is 1. The molecule has 0 spiro atoms. The maximum absolute atomic E-state index is 10.6. The summed E-state index contributed by atoms with van der Waals surface area (Å²) in [4.78, 5) is 12.3. The first kappa shape index (κ1) is 12.3. The number of non-ortho nitro benzene ring substituents is 1. The molecule has 6 heteroatoms. The lowest BCUT2D eigenvalue weighted by molar-refractivity contribution is -0.384. The van der Waals surface area contributed by atoms with E-state index in [1.54, 1.807) is 6.07 Å². The molecule has 17 heavy (non-hydrogen) atoms. The van der Waals surface area contributed by atoms with E-state index in [1.165, 1.54) is 12.1 Å². The average molecular weight is 301 g/mol. The van der Waals surface area contributed by atoms with E-state index < -0.39 is 4.92 Å². The minimum atomic E-state index is -0.417. The number of halogens is 1. The zero-order valence-corrected chi connectivity index (χ0v) is 10.8. The molecule has 0 aliphatic carbocycles. The van der Waals surface area contributed by atoms with Gasteiger partial charge in [0.05, 0.1) is 16.7 Å². The topological polar surface area (TPSA) is 66.6 Å². The van der Waals surface area contributed by atoms with E-state index in [0.29, 0.717) is 11.0 Å². The van der Waals surface area contributed by atoms with E-state index in [0.717, 1.165) is 25.1 Å². The number of rotatable bonds is 2. The molecule has 1 atom stereocenters. The van der Waals surface area contributed by atoms with Gasteiger partial charge in [0.1, 0.15) is 0 Å². The summed E-state index contributed by atoms with van der Waals surface area (Å²) in [6.07, 6.45) is 1.44. The highest BCUT2D eigenvalue weighted by Crippen LogP contribution is 2.31. The molecule has 0 amide bonds. The number of piperidine rings is 1. The molecule has 5 nitrogen and oxygen atoms in total. The van der Waals surface area contributed by atoms with Crippen LogP contribution in [0.2, 0.25) is 0 Å². The number of nitro benzene ring substituents is 1. The van der Waals surface area contributed by atoms with Crippen LogP contribution in [0.15, 0.2) is 22.7 Å². The summed E-state index contributed by atoms with van der Waals surface area (Å²) < 4.78 is 0.695. The summed E-state index contributed by atoms with van der Waals surface area (Å²) in [6, 6.07) is 4.71. The third-order valence-electron chi connectivity index (χ3n) is 2.88. The molecule has 1 heterocycles. The Labute approximate surface area is 107 Å². The van der Waals surface area contributed by atoms with Crippen molar-refractivity contribution in [2.24, 2.45) is 0 Å². The summed E-state index contributed by atoms with van der Waals surface area (Å²) in [5.41, 5.74) is 0.965. The molecular formula is C11H13BrN2O3. The van der Waals surface area contributed by atoms with Gasteiger partial charge in [0.15, 0.2) is 0 Å². The Hall–Kier alpha value is -1.14. The van der Waals surface area contributed by atoms with Crippen LogP contribution >= 0.6 is 15.9 Å². The molecular weight excluding hydrogens is 288 g/mol. The highest BCUT2D eigenvalue weighted by Gasteiger charge is 2.20. The van der Waals surface area contributed by atoms with Gasteiger partial charge in [0, 0.05) is 29.7 Å². The first-order chi connectivity index (χ1) is 8.08. The van der Waals surface area contributed by atoms with Crippen molar-refractivity contribution in [1.29, 1.82) is 0 Å². The Morgan fingerprint density at radius 2 is 2.29 bits per heavy atom. The molecule has 1 N–H and O–H groups in total. The second kappa shape index (κ2) is 5.01. The maximum Gasteiger partial charge on any atom is 0.270 e. The summed E-state index contributed by atoms with van der Waals surface area (Å²) in [5.74, 6) is 0. The molecule has 2 rings (SSSR count). The maximum atomic E-state index is 10.6. The Morgan fingerprint density at radius 1 is 1.53 bits per heavy atom. The molecule has 1 aliphatic rings. The van der Waals surface area contributed by atoms with E-state index in [1.807, 2.05) is 4.90 Å². The lowest BCUT2D eigenvalue weighted by Gasteiger charge is -2.32. The number of β-amino-alcohol motifs (C(OH)–C–C–N with tert-alkyl or cyclic N) is 1. The van der Waals surface area contributed by atoms with Gasteiger partial charge in [-0.25, -0.2) is 0 Å². The zero-order valence-electron chi connectivity index (χ0n) is 9.17. The standard InChI is InChI=1S/C11H13BrN2O3/c12-10-6-8(14(16)17)3-4-11(10)13-5-1-2-9(15)7-13/h3-4,6,9,15H,1-2,5,7H2/t9-/m0/s1. The largest absolute Gasteiger partial charge is 0.391 e. The minimum absolute atomic E-state index is 0.0678. The number of anilines is 1. The molecule has 1 aromatic carbocycles. The van der Waals surface area contributed by atoms with Crippen molar-refractivity contribution >= 4 is 27.3 Å². The van der Waals surface area contributed by atoms with Crippen LogP contribution in [0.4, 0.5) is 11.4 Å². The Bertz CT molecular complexity index is 439. The molecule has 1 aromatic rings. The Balaban J connectivity index is 2.23. The second-order valence-corrected chi connectivity index (χ2v) is 4.99. The van der Waals surface area contributed by atoms with Crippen LogP contribution in [0.3, 0.4) is 0 Å². The molecule has 1 fully saturated rings. The normalized spacial score (nSPS) is 20.4. The molecule has 1 aliphatic heterocycles. The van der Waals surface area contributed by atoms with Crippen LogP contribution in [0.1, 0.15) is 12.8 Å². The molecule has 1 saturated heterocycles. The molecule has 0 saturated carbocycles. The van der Waals surface area contributed by atoms with Gasteiger partial charge >= 0.3 is 0 Å². The van der Waals surface area contributed by atoms with Crippen LogP contribution in [-0.4, -0.2) is 29.2 Å². The van der Waals surface area contributed by atoms with Crippen molar-refractivity contribution in [2.45, 2.75) is 18.9 Å². The van der Waals surface area contributed by atoms with Crippen molar-refractivity contribution in [3.8, 4) is 0 Å². The van der Waals surface area contributed by atoms with E-state index >= 15 is 0 Å². The molecule has 0 unspecified atom stereocenters. The smallest absolute Gasteiger partial charge is 0.270 e. The van der Waals surface area contributed by atoms with Crippen LogP contribution < -0.4 is 4.90 Å². The SMILES string of the molecule is O=[N+]([O-])c1ccc(N2CCC[C@H](O)C2)c(Br)c1. The van der Waals surface area contributed by atoms with E-state index in [4.69, 9.17) is 0 Å². The highest BCUT2D eigenvalue weighted by molar-refractivity contribution is 9.10. The van der Waals surface area contributed by atoms with Gasteiger partial charge in [-0.05, 0) is 34.8 Å². The predicted molar refractivity (Wildman–Crippen MR) is 68.3 cm³/mol. The number of nitro groups is 1. The van der Waals surface area contributed by atoms with Crippen molar-refractivity contribution in [3.05, 3.63) is 32.8 Å². The Morgan fingerprint density at radius 3 is 2.88 bits per heavy atom. The first-order valence-electron chi connectivity index (χ1n) is 5.45. The van der Waals surface area contributed by atoms with Crippen LogP contribution in [0, 0.1) is 10.1 Å². The fourth-order valence-corrected chi connectivity index (χ4v) is 2.66. The number of hydrogen-bond donors (Lipinski definition) is 1. The van der Waals surface area contributed by atoms with E-state index in [2.05, 4.69) is 15.9 Å². The molecule has 92 valence electrons. The fourth-order valence-electron chi connectivity index (χ4n) is 2.04. The predicted octanol–water partition coefficient (Wildman–Crippen LogP) is 2.32. The van der Waals surface area contributed by atoms with Crippen LogP contribution in [0.5, 0.6) is 0 Å². The van der Waals surface area contributed by atoms with Gasteiger partial charge in [0.2, 0.25) is 0 Å². The zero-order chi connectivity index (χ0) is 12.4. The van der Waals surface area contributed by atoms with Gasteiger partial charge < -0.3 is 10.0 Å². The van der Waals surface area contributed by atoms with Crippen molar-refractivity contribution in [1.82, 2.24) is 0 Å². The number of nitrogens with zero attached hydrogens (tertiary/aromatic N) is 2. The average Bonchev–Trinajstić information content (AvgIpc) is 2.28. The van der Waals surface area contributed by atoms with Gasteiger partial charge in [0.25, 0.3) is 5.69 Å². The number of aliphatic hydroxyl groups excluding tert-OH is 1. The first-order valence-corrected chi connectivity index (χ1v) is 6.24. The van der Waals surface area contributed by atoms with Crippen molar-refractivity contribution in [2.75, 3.05) is 18.0 Å². The van der Waals surface area contributed by atoms with Crippen LogP contribution in [0.25, 0.3) is 0 Å². The third kappa shape index (κ3) is 2.76. The lowest BCUT2D eigenvalue weighted by atomic mass is 10.1. The monoisotopic (exact) mass is 300 g/mol. The summed E-state index contributed by atoms with van der Waals surface area (Å²) in [6.45, 7) is 1.45. The van der Waals surface area contributed by atoms with Crippen molar-refractivity contribution in [3.63, 3.8) is 0 Å². The minimum Gasteiger partial charge on any atom is -0.391 e. The quantitative estimate of drug-likeness (QED) is 0.672. The molecule has 0 aromatic heterocycles.